The number of hydrogen-bond acceptors (Lipinski definition) is 6. The second-order valence-electron chi connectivity index (χ2n) is 6.46. The SMILES string of the molecule is O=C(c1ccncc1)N1CC[C@H](Oc2ccc(-c3noc(C(F)(F)F)n3)cc2)C1. The van der Waals surface area contributed by atoms with Crippen LogP contribution in [0.5, 0.6) is 5.75 Å². The lowest BCUT2D eigenvalue weighted by atomic mass is 10.2. The zero-order valence-corrected chi connectivity index (χ0v) is 15.0. The van der Waals surface area contributed by atoms with Gasteiger partial charge in [0.25, 0.3) is 5.91 Å². The van der Waals surface area contributed by atoms with E-state index in [0.717, 1.165) is 0 Å². The predicted octanol–water partition coefficient (Wildman–Crippen LogP) is 3.44. The number of carbonyl (C=O) groups is 1. The molecule has 2 aromatic heterocycles. The van der Waals surface area contributed by atoms with Crippen LogP contribution in [0.2, 0.25) is 0 Å². The van der Waals surface area contributed by atoms with Gasteiger partial charge in [-0.05, 0) is 36.4 Å². The van der Waals surface area contributed by atoms with Gasteiger partial charge in [0.15, 0.2) is 0 Å². The third-order valence-electron chi connectivity index (χ3n) is 4.44. The standard InChI is InChI=1S/C19H15F3N4O3/c20-19(21,22)18-24-16(25-29-18)12-1-3-14(4-2-12)28-15-7-10-26(11-15)17(27)13-5-8-23-9-6-13/h1-6,8-9,15H,7,10-11H2/t15-/m0/s1. The van der Waals surface area contributed by atoms with Crippen molar-refractivity contribution in [2.75, 3.05) is 13.1 Å². The summed E-state index contributed by atoms with van der Waals surface area (Å²) in [7, 11) is 0. The van der Waals surface area contributed by atoms with Crippen molar-refractivity contribution in [1.29, 1.82) is 0 Å². The average molecular weight is 404 g/mol. The molecular formula is C19H15F3N4O3. The molecule has 1 atom stereocenters. The monoisotopic (exact) mass is 404 g/mol. The zero-order valence-electron chi connectivity index (χ0n) is 15.0. The molecular weight excluding hydrogens is 389 g/mol. The first-order valence-corrected chi connectivity index (χ1v) is 8.77. The topological polar surface area (TPSA) is 81.4 Å². The molecule has 1 amide bonds. The summed E-state index contributed by atoms with van der Waals surface area (Å²) in [4.78, 5) is 21.4. The van der Waals surface area contributed by atoms with Crippen LogP contribution in [0.3, 0.4) is 0 Å². The lowest BCUT2D eigenvalue weighted by molar-refractivity contribution is -0.159. The molecule has 0 radical (unpaired) electrons. The van der Waals surface area contributed by atoms with Crippen LogP contribution in [0.1, 0.15) is 22.7 Å². The van der Waals surface area contributed by atoms with Crippen molar-refractivity contribution in [2.24, 2.45) is 0 Å². The third kappa shape index (κ3) is 4.20. The van der Waals surface area contributed by atoms with E-state index in [0.29, 0.717) is 36.4 Å². The van der Waals surface area contributed by atoms with E-state index >= 15 is 0 Å². The van der Waals surface area contributed by atoms with Gasteiger partial charge in [-0.2, -0.15) is 18.2 Å². The van der Waals surface area contributed by atoms with Crippen molar-refractivity contribution < 1.29 is 27.2 Å². The molecule has 1 fully saturated rings. The second-order valence-corrected chi connectivity index (χ2v) is 6.46. The van der Waals surface area contributed by atoms with Gasteiger partial charge in [-0.1, -0.05) is 5.16 Å². The van der Waals surface area contributed by atoms with Crippen LogP contribution < -0.4 is 4.74 Å². The van der Waals surface area contributed by atoms with Crippen molar-refractivity contribution >= 4 is 5.91 Å². The molecule has 0 saturated carbocycles. The van der Waals surface area contributed by atoms with E-state index in [2.05, 4.69) is 19.6 Å². The number of carbonyl (C=O) groups excluding carboxylic acids is 1. The number of benzene rings is 1. The largest absolute Gasteiger partial charge is 0.489 e. The fraction of sp³-hybridized carbons (Fsp3) is 0.263. The smallest absolute Gasteiger partial charge is 0.471 e. The molecule has 4 rings (SSSR count). The Morgan fingerprint density at radius 1 is 1.14 bits per heavy atom. The van der Waals surface area contributed by atoms with Crippen molar-refractivity contribution in [1.82, 2.24) is 20.0 Å². The molecule has 0 unspecified atom stereocenters. The fourth-order valence-electron chi connectivity index (χ4n) is 3.02. The molecule has 1 saturated heterocycles. The molecule has 1 aromatic carbocycles. The molecule has 0 aliphatic carbocycles. The summed E-state index contributed by atoms with van der Waals surface area (Å²) in [5.74, 6) is -1.08. The van der Waals surface area contributed by atoms with E-state index in [1.807, 2.05) is 0 Å². The van der Waals surface area contributed by atoms with Crippen molar-refractivity contribution in [2.45, 2.75) is 18.7 Å². The Labute approximate surface area is 163 Å². The van der Waals surface area contributed by atoms with Gasteiger partial charge in [0, 0.05) is 36.5 Å². The highest BCUT2D eigenvalue weighted by molar-refractivity contribution is 5.94. The van der Waals surface area contributed by atoms with Crippen molar-refractivity contribution in [3.63, 3.8) is 0 Å². The molecule has 0 bridgehead atoms. The number of halogens is 3. The Morgan fingerprint density at radius 2 is 1.86 bits per heavy atom. The Kier molecular flexibility index (Phi) is 4.91. The maximum Gasteiger partial charge on any atom is 0.471 e. The molecule has 1 aliphatic rings. The van der Waals surface area contributed by atoms with Crippen molar-refractivity contribution in [3.05, 3.63) is 60.2 Å². The predicted molar refractivity (Wildman–Crippen MR) is 93.9 cm³/mol. The zero-order chi connectivity index (χ0) is 20.4. The maximum atomic E-state index is 12.6. The van der Waals surface area contributed by atoms with Gasteiger partial charge >= 0.3 is 12.1 Å². The number of amides is 1. The quantitative estimate of drug-likeness (QED) is 0.663. The number of aromatic nitrogens is 3. The Morgan fingerprint density at radius 3 is 2.52 bits per heavy atom. The number of likely N-dealkylation sites (tertiary alicyclic amines) is 1. The van der Waals surface area contributed by atoms with E-state index in [1.165, 1.54) is 0 Å². The first-order valence-electron chi connectivity index (χ1n) is 8.77. The summed E-state index contributed by atoms with van der Waals surface area (Å²) in [6.45, 7) is 1.02. The van der Waals surface area contributed by atoms with E-state index in [4.69, 9.17) is 4.74 Å². The van der Waals surface area contributed by atoms with Crippen LogP contribution in [-0.4, -0.2) is 45.1 Å². The van der Waals surface area contributed by atoms with Crippen LogP contribution in [-0.2, 0) is 6.18 Å². The van der Waals surface area contributed by atoms with Crippen LogP contribution in [0.25, 0.3) is 11.4 Å². The van der Waals surface area contributed by atoms with E-state index in [9.17, 15) is 18.0 Å². The summed E-state index contributed by atoms with van der Waals surface area (Å²) in [5, 5.41) is 3.35. The number of rotatable bonds is 4. The highest BCUT2D eigenvalue weighted by Gasteiger charge is 2.38. The molecule has 3 heterocycles. The van der Waals surface area contributed by atoms with Gasteiger partial charge in [-0.25, -0.2) is 0 Å². The summed E-state index contributed by atoms with van der Waals surface area (Å²) in [6.07, 6.45) is -1.04. The van der Waals surface area contributed by atoms with E-state index in [-0.39, 0.29) is 17.8 Å². The molecule has 0 spiro atoms. The Hall–Kier alpha value is -3.43. The minimum atomic E-state index is -4.68. The minimum absolute atomic E-state index is 0.0774. The van der Waals surface area contributed by atoms with Crippen LogP contribution >= 0.6 is 0 Å². The molecule has 3 aromatic rings. The van der Waals surface area contributed by atoms with Gasteiger partial charge in [-0.3, -0.25) is 9.78 Å². The lowest BCUT2D eigenvalue weighted by Gasteiger charge is -2.17. The number of nitrogens with zero attached hydrogens (tertiary/aromatic N) is 4. The number of ether oxygens (including phenoxy) is 1. The van der Waals surface area contributed by atoms with Gasteiger partial charge in [0.05, 0.1) is 6.54 Å². The lowest BCUT2D eigenvalue weighted by Crippen LogP contribution is -2.30. The highest BCUT2D eigenvalue weighted by Crippen LogP contribution is 2.30. The molecule has 10 heteroatoms. The number of pyridine rings is 1. The van der Waals surface area contributed by atoms with Crippen LogP contribution in [0, 0.1) is 0 Å². The first kappa shape index (κ1) is 18.9. The van der Waals surface area contributed by atoms with Crippen molar-refractivity contribution in [3.8, 4) is 17.1 Å². The van der Waals surface area contributed by atoms with Gasteiger partial charge in [0.2, 0.25) is 5.82 Å². The second kappa shape index (κ2) is 7.53. The average Bonchev–Trinajstić information content (AvgIpc) is 3.38. The van der Waals surface area contributed by atoms with Gasteiger partial charge in [-0.15, -0.1) is 0 Å². The summed E-state index contributed by atoms with van der Waals surface area (Å²) >= 11 is 0. The molecule has 150 valence electrons. The van der Waals surface area contributed by atoms with Gasteiger partial charge in [0.1, 0.15) is 11.9 Å². The van der Waals surface area contributed by atoms with Crippen LogP contribution in [0.15, 0.2) is 53.3 Å². The molecule has 0 N–H and O–H groups in total. The maximum absolute atomic E-state index is 12.6. The Bertz CT molecular complexity index is 990. The van der Waals surface area contributed by atoms with E-state index < -0.39 is 12.1 Å². The minimum Gasteiger partial charge on any atom is -0.489 e. The summed E-state index contributed by atoms with van der Waals surface area (Å²) < 4.78 is 47.8. The fourth-order valence-corrected chi connectivity index (χ4v) is 3.02. The summed E-state index contributed by atoms with van der Waals surface area (Å²) in [6, 6.07) is 9.66. The first-order chi connectivity index (χ1) is 13.9. The molecule has 7 nitrogen and oxygen atoms in total. The van der Waals surface area contributed by atoms with Crippen LogP contribution in [0.4, 0.5) is 13.2 Å². The molecule has 29 heavy (non-hydrogen) atoms. The normalized spacial score (nSPS) is 16.8. The highest BCUT2D eigenvalue weighted by atomic mass is 19.4. The van der Waals surface area contributed by atoms with Gasteiger partial charge < -0.3 is 14.2 Å². The molecule has 1 aliphatic heterocycles. The summed E-state index contributed by atoms with van der Waals surface area (Å²) in [5.41, 5.74) is 0.945. The number of hydrogen-bond donors (Lipinski definition) is 0. The van der Waals surface area contributed by atoms with E-state index in [1.54, 1.807) is 53.7 Å². The third-order valence-corrected chi connectivity index (χ3v) is 4.44. The Balaban J connectivity index is 1.37. The number of alkyl halides is 3.